The highest BCUT2D eigenvalue weighted by Crippen LogP contribution is 2.61. The molecule has 6 atom stereocenters. The van der Waals surface area contributed by atoms with Crippen molar-refractivity contribution in [3.05, 3.63) is 93.2 Å². The van der Waals surface area contributed by atoms with E-state index in [-0.39, 0.29) is 46.2 Å². The molecular weight excluding hydrogens is 719 g/mol. The Labute approximate surface area is 295 Å². The van der Waals surface area contributed by atoms with E-state index in [1.165, 1.54) is 31.3 Å². The lowest BCUT2D eigenvalue weighted by molar-refractivity contribution is -0.132. The number of amides is 4. The second-order valence-electron chi connectivity index (χ2n) is 12.9. The SMILES string of the molecule is COc1cc(C=CC2C3=CCC4C(=O)N(c5ccc(Br)cc5)C(=O)C4C3CC3C(=O)N(c4ccc(F)c(Cl)c4)C(=O)C23C)cc(OC)c1O. The molecule has 0 radical (unpaired) electrons. The maximum Gasteiger partial charge on any atom is 0.241 e. The number of nitrogens with zero attached hydrogens (tertiary/aromatic N) is 2. The predicted octanol–water partition coefficient (Wildman–Crippen LogP) is 6.95. The van der Waals surface area contributed by atoms with Gasteiger partial charge in [0, 0.05) is 10.4 Å². The fourth-order valence-electron chi connectivity index (χ4n) is 8.15. The molecule has 0 bridgehead atoms. The van der Waals surface area contributed by atoms with Gasteiger partial charge in [-0.3, -0.25) is 24.1 Å². The van der Waals surface area contributed by atoms with Crippen molar-refractivity contribution in [2.45, 2.75) is 19.8 Å². The van der Waals surface area contributed by atoms with Crippen molar-refractivity contribution in [3.63, 3.8) is 0 Å². The van der Waals surface area contributed by atoms with Crippen LogP contribution in [-0.2, 0) is 19.2 Å². The fraction of sp³-hybridized carbons (Fsp3) is 0.297. The Morgan fingerprint density at radius 3 is 2.20 bits per heavy atom. The zero-order chi connectivity index (χ0) is 34.9. The first-order chi connectivity index (χ1) is 23.4. The molecule has 2 heterocycles. The molecule has 0 aromatic heterocycles. The van der Waals surface area contributed by atoms with E-state index >= 15 is 0 Å². The van der Waals surface area contributed by atoms with Crippen LogP contribution in [0.4, 0.5) is 15.8 Å². The van der Waals surface area contributed by atoms with Crippen LogP contribution < -0.4 is 19.3 Å². The Kier molecular flexibility index (Phi) is 8.18. The number of imide groups is 2. The summed E-state index contributed by atoms with van der Waals surface area (Å²) in [5.74, 6) is -5.51. The highest BCUT2D eigenvalue weighted by Gasteiger charge is 2.67. The van der Waals surface area contributed by atoms with E-state index in [4.69, 9.17) is 21.1 Å². The first-order valence-corrected chi connectivity index (χ1v) is 16.9. The van der Waals surface area contributed by atoms with Crippen molar-refractivity contribution in [2.75, 3.05) is 24.0 Å². The largest absolute Gasteiger partial charge is 0.502 e. The number of fused-ring (bicyclic) bond motifs is 4. The minimum absolute atomic E-state index is 0.149. The number of halogens is 3. The van der Waals surface area contributed by atoms with Crippen molar-refractivity contribution in [1.29, 1.82) is 0 Å². The number of rotatable bonds is 6. The van der Waals surface area contributed by atoms with Gasteiger partial charge in [-0.25, -0.2) is 9.29 Å². The number of methoxy groups -OCH3 is 2. The van der Waals surface area contributed by atoms with Crippen LogP contribution in [0.15, 0.2) is 76.8 Å². The van der Waals surface area contributed by atoms with Crippen LogP contribution in [0, 0.1) is 40.8 Å². The molecule has 49 heavy (non-hydrogen) atoms. The van der Waals surface area contributed by atoms with Crippen molar-refractivity contribution in [1.82, 2.24) is 0 Å². The zero-order valence-corrected chi connectivity index (χ0v) is 29.0. The summed E-state index contributed by atoms with van der Waals surface area (Å²) in [6.45, 7) is 1.74. The number of aromatic hydroxyl groups is 1. The van der Waals surface area contributed by atoms with Gasteiger partial charge in [0.1, 0.15) is 5.82 Å². The molecule has 3 aromatic carbocycles. The van der Waals surface area contributed by atoms with E-state index in [1.54, 1.807) is 49.4 Å². The third-order valence-corrected chi connectivity index (χ3v) is 11.4. The average Bonchev–Trinajstić information content (AvgIpc) is 3.46. The van der Waals surface area contributed by atoms with Crippen LogP contribution in [0.3, 0.4) is 0 Å². The van der Waals surface area contributed by atoms with Gasteiger partial charge in [-0.2, -0.15) is 0 Å². The van der Waals surface area contributed by atoms with Gasteiger partial charge in [-0.1, -0.05) is 51.3 Å². The molecule has 2 aliphatic heterocycles. The van der Waals surface area contributed by atoms with Crippen molar-refractivity contribution < 1.29 is 38.1 Å². The van der Waals surface area contributed by atoms with E-state index in [0.29, 0.717) is 17.7 Å². The topological polar surface area (TPSA) is 113 Å². The quantitative estimate of drug-likeness (QED) is 0.215. The molecule has 3 fully saturated rings. The van der Waals surface area contributed by atoms with Crippen LogP contribution in [-0.4, -0.2) is 43.0 Å². The number of hydrogen-bond acceptors (Lipinski definition) is 7. The lowest BCUT2D eigenvalue weighted by atomic mass is 9.52. The third-order valence-electron chi connectivity index (χ3n) is 10.6. The summed E-state index contributed by atoms with van der Waals surface area (Å²) < 4.78 is 25.6. The lowest BCUT2D eigenvalue weighted by Gasteiger charge is -2.47. The van der Waals surface area contributed by atoms with E-state index in [0.717, 1.165) is 21.0 Å². The Balaban J connectivity index is 1.34. The lowest BCUT2D eigenvalue weighted by Crippen LogP contribution is -2.49. The Hall–Kier alpha value is -4.48. The van der Waals surface area contributed by atoms with Crippen LogP contribution in [0.5, 0.6) is 17.2 Å². The second kappa shape index (κ2) is 12.1. The molecular formula is C37H31BrClFN2O7. The van der Waals surface area contributed by atoms with Crippen molar-refractivity contribution >= 4 is 68.6 Å². The van der Waals surface area contributed by atoms with Crippen LogP contribution in [0.1, 0.15) is 25.3 Å². The second-order valence-corrected chi connectivity index (χ2v) is 14.2. The maximum absolute atomic E-state index is 14.5. The van der Waals surface area contributed by atoms with Gasteiger partial charge in [0.15, 0.2) is 11.5 Å². The Bertz CT molecular complexity index is 1970. The fourth-order valence-corrected chi connectivity index (χ4v) is 8.59. The molecule has 7 rings (SSSR count). The van der Waals surface area contributed by atoms with E-state index in [9.17, 15) is 28.7 Å². The Morgan fingerprint density at radius 1 is 0.918 bits per heavy atom. The number of carbonyl (C=O) groups excluding carboxylic acids is 4. The number of phenols is 1. The molecule has 2 aliphatic carbocycles. The summed E-state index contributed by atoms with van der Waals surface area (Å²) in [5.41, 5.74) is 0.707. The molecule has 4 amide bonds. The highest BCUT2D eigenvalue weighted by atomic mass is 79.9. The molecule has 252 valence electrons. The summed E-state index contributed by atoms with van der Waals surface area (Å²) in [6.07, 6.45) is 6.00. The number of anilines is 2. The molecule has 6 unspecified atom stereocenters. The number of benzene rings is 3. The van der Waals surface area contributed by atoms with Gasteiger partial charge in [-0.05, 0) is 85.8 Å². The van der Waals surface area contributed by atoms with Gasteiger partial charge < -0.3 is 14.6 Å². The first kappa shape index (κ1) is 33.0. The standard InChI is InChI=1S/C37H31BrClFN2O7/c1-37-25(12-4-18-14-29(48-2)32(43)30(15-18)49-3)22-10-11-23-31(35(46)41(33(23)44)20-7-5-19(38)6-8-20)24(22)17-26(37)34(45)42(36(37)47)21-9-13-28(40)27(39)16-21/h4-10,12-16,23-26,31,43H,11,17H2,1-3H3. The molecule has 0 spiro atoms. The molecule has 1 saturated carbocycles. The van der Waals surface area contributed by atoms with Gasteiger partial charge in [0.2, 0.25) is 29.4 Å². The number of allylic oxidation sites excluding steroid dienone is 3. The number of phenolic OH excluding ortho intramolecular Hbond substituents is 1. The maximum atomic E-state index is 14.5. The van der Waals surface area contributed by atoms with E-state index < -0.39 is 52.6 Å². The Morgan fingerprint density at radius 2 is 1.57 bits per heavy atom. The molecule has 3 aromatic rings. The molecule has 12 heteroatoms. The molecule has 1 N–H and O–H groups in total. The summed E-state index contributed by atoms with van der Waals surface area (Å²) in [4.78, 5) is 59.1. The zero-order valence-electron chi connectivity index (χ0n) is 26.7. The molecule has 4 aliphatic rings. The van der Waals surface area contributed by atoms with Crippen molar-refractivity contribution in [2.24, 2.45) is 35.0 Å². The minimum atomic E-state index is -1.30. The first-order valence-electron chi connectivity index (χ1n) is 15.7. The van der Waals surface area contributed by atoms with Crippen LogP contribution in [0.25, 0.3) is 6.08 Å². The average molecular weight is 750 g/mol. The van der Waals surface area contributed by atoms with Crippen LogP contribution >= 0.6 is 27.5 Å². The van der Waals surface area contributed by atoms with Gasteiger partial charge >= 0.3 is 0 Å². The highest BCUT2D eigenvalue weighted by molar-refractivity contribution is 9.10. The number of ether oxygens (including phenoxy) is 2. The molecule has 9 nitrogen and oxygen atoms in total. The van der Waals surface area contributed by atoms with Gasteiger partial charge in [0.05, 0.1) is 53.8 Å². The minimum Gasteiger partial charge on any atom is -0.502 e. The van der Waals surface area contributed by atoms with E-state index in [2.05, 4.69) is 15.9 Å². The summed E-state index contributed by atoms with van der Waals surface area (Å²) in [5, 5.41) is 10.2. The normalized spacial score (nSPS) is 27.7. The smallest absolute Gasteiger partial charge is 0.241 e. The summed E-state index contributed by atoms with van der Waals surface area (Å²) >= 11 is 9.49. The monoisotopic (exact) mass is 748 g/mol. The van der Waals surface area contributed by atoms with Crippen molar-refractivity contribution in [3.8, 4) is 17.2 Å². The number of hydrogen-bond donors (Lipinski definition) is 1. The molecule has 2 saturated heterocycles. The van der Waals surface area contributed by atoms with E-state index in [1.807, 2.05) is 12.2 Å². The summed E-state index contributed by atoms with van der Waals surface area (Å²) in [6, 6.07) is 13.9. The van der Waals surface area contributed by atoms with Crippen LogP contribution in [0.2, 0.25) is 5.02 Å². The predicted molar refractivity (Wildman–Crippen MR) is 184 cm³/mol. The summed E-state index contributed by atoms with van der Waals surface area (Å²) in [7, 11) is 2.83. The number of carbonyl (C=O) groups is 4. The van der Waals surface area contributed by atoms with Gasteiger partial charge in [-0.15, -0.1) is 0 Å². The van der Waals surface area contributed by atoms with Gasteiger partial charge in [0.25, 0.3) is 0 Å². The third kappa shape index (κ3) is 5.00.